The molecule has 1 heterocycles. The minimum Gasteiger partial charge on any atom is -0.379 e. The van der Waals surface area contributed by atoms with Crippen molar-refractivity contribution < 1.29 is 4.74 Å². The number of hydrogen-bond donors (Lipinski definition) is 1. The maximum atomic E-state index is 5.34. The second kappa shape index (κ2) is 3.60. The highest BCUT2D eigenvalue weighted by atomic mass is 32.2. The summed E-state index contributed by atoms with van der Waals surface area (Å²) in [5.74, 6) is 1.21. The Bertz CT molecular complexity index is 102. The molecule has 0 aromatic heterocycles. The molecule has 3 heteroatoms. The van der Waals surface area contributed by atoms with Crippen LogP contribution >= 0.6 is 11.8 Å². The zero-order chi connectivity index (χ0) is 7.45. The van der Waals surface area contributed by atoms with Crippen LogP contribution in [0.5, 0.6) is 0 Å². The predicted molar refractivity (Wildman–Crippen MR) is 45.4 cm³/mol. The normalized spacial score (nSPS) is 33.0. The van der Waals surface area contributed by atoms with Crippen LogP contribution in [0.4, 0.5) is 0 Å². The zero-order valence-corrected chi connectivity index (χ0v) is 7.46. The number of hydrogen-bond acceptors (Lipinski definition) is 3. The van der Waals surface area contributed by atoms with Gasteiger partial charge >= 0.3 is 0 Å². The van der Waals surface area contributed by atoms with E-state index < -0.39 is 0 Å². The Labute approximate surface area is 66.7 Å². The fourth-order valence-corrected chi connectivity index (χ4v) is 2.06. The van der Waals surface area contributed by atoms with Crippen LogP contribution in [0, 0.1) is 0 Å². The SMILES string of the molecule is CCOCC1(C)NCCS1. The van der Waals surface area contributed by atoms with Crippen molar-refractivity contribution in [2.45, 2.75) is 18.7 Å². The van der Waals surface area contributed by atoms with Crippen molar-refractivity contribution in [3.8, 4) is 0 Å². The summed E-state index contributed by atoms with van der Waals surface area (Å²) in [5.41, 5.74) is 0. The maximum absolute atomic E-state index is 5.34. The van der Waals surface area contributed by atoms with Gasteiger partial charge in [0.15, 0.2) is 0 Å². The molecular formula is C7H15NOS. The highest BCUT2D eigenvalue weighted by Crippen LogP contribution is 2.26. The third-order valence-corrected chi connectivity index (χ3v) is 2.91. The molecule has 1 aliphatic heterocycles. The quantitative estimate of drug-likeness (QED) is 0.669. The summed E-state index contributed by atoms with van der Waals surface area (Å²) in [6, 6.07) is 0. The highest BCUT2D eigenvalue weighted by Gasteiger charge is 2.28. The summed E-state index contributed by atoms with van der Waals surface area (Å²) in [5, 5.41) is 3.41. The molecule has 0 aromatic rings. The lowest BCUT2D eigenvalue weighted by molar-refractivity contribution is 0.120. The third kappa shape index (κ3) is 2.15. The summed E-state index contributed by atoms with van der Waals surface area (Å²) in [6.45, 7) is 6.99. The van der Waals surface area contributed by atoms with E-state index in [1.54, 1.807) is 0 Å². The first-order valence-corrected chi connectivity index (χ1v) is 4.72. The zero-order valence-electron chi connectivity index (χ0n) is 6.64. The largest absolute Gasteiger partial charge is 0.379 e. The summed E-state index contributed by atoms with van der Waals surface area (Å²) in [4.78, 5) is 0.190. The van der Waals surface area contributed by atoms with Crippen LogP contribution in [0.2, 0.25) is 0 Å². The molecule has 1 aliphatic rings. The molecular weight excluding hydrogens is 146 g/mol. The van der Waals surface area contributed by atoms with Crippen LogP contribution in [0.1, 0.15) is 13.8 Å². The summed E-state index contributed by atoms with van der Waals surface area (Å²) < 4.78 is 5.34. The van der Waals surface area contributed by atoms with E-state index in [0.717, 1.165) is 19.8 Å². The highest BCUT2D eigenvalue weighted by molar-refractivity contribution is 8.00. The monoisotopic (exact) mass is 161 g/mol. The van der Waals surface area contributed by atoms with Crippen molar-refractivity contribution in [3.05, 3.63) is 0 Å². The van der Waals surface area contributed by atoms with Gasteiger partial charge in [-0.25, -0.2) is 0 Å². The average Bonchev–Trinajstić information content (AvgIpc) is 2.33. The molecule has 60 valence electrons. The van der Waals surface area contributed by atoms with Gasteiger partial charge in [0.25, 0.3) is 0 Å². The topological polar surface area (TPSA) is 21.3 Å². The Morgan fingerprint density at radius 1 is 1.70 bits per heavy atom. The Morgan fingerprint density at radius 3 is 3.00 bits per heavy atom. The van der Waals surface area contributed by atoms with E-state index in [2.05, 4.69) is 12.2 Å². The Kier molecular flexibility index (Phi) is 3.01. The molecule has 1 saturated heterocycles. The van der Waals surface area contributed by atoms with Crippen molar-refractivity contribution >= 4 is 11.8 Å². The first-order chi connectivity index (χ1) is 4.77. The first-order valence-electron chi connectivity index (χ1n) is 3.73. The molecule has 1 N–H and O–H groups in total. The van der Waals surface area contributed by atoms with Crippen molar-refractivity contribution in [2.24, 2.45) is 0 Å². The Balaban J connectivity index is 2.22. The lowest BCUT2D eigenvalue weighted by atomic mass is 10.3. The Morgan fingerprint density at radius 2 is 2.50 bits per heavy atom. The molecule has 2 nitrogen and oxygen atoms in total. The van der Waals surface area contributed by atoms with Gasteiger partial charge < -0.3 is 10.1 Å². The van der Waals surface area contributed by atoms with E-state index in [-0.39, 0.29) is 4.87 Å². The van der Waals surface area contributed by atoms with Gasteiger partial charge in [0.1, 0.15) is 0 Å². The van der Waals surface area contributed by atoms with Crippen LogP contribution in [0.25, 0.3) is 0 Å². The molecule has 1 rings (SSSR count). The van der Waals surface area contributed by atoms with E-state index in [4.69, 9.17) is 4.74 Å². The van der Waals surface area contributed by atoms with Crippen LogP contribution < -0.4 is 5.32 Å². The van der Waals surface area contributed by atoms with E-state index in [0.29, 0.717) is 0 Å². The number of rotatable bonds is 3. The number of thioether (sulfide) groups is 1. The van der Waals surface area contributed by atoms with Crippen LogP contribution in [0.3, 0.4) is 0 Å². The second-order valence-corrected chi connectivity index (χ2v) is 4.24. The Hall–Kier alpha value is 0.270. The van der Waals surface area contributed by atoms with Gasteiger partial charge in [0, 0.05) is 18.9 Å². The molecule has 0 saturated carbocycles. The molecule has 0 bridgehead atoms. The van der Waals surface area contributed by atoms with Crippen molar-refractivity contribution in [1.82, 2.24) is 5.32 Å². The minimum atomic E-state index is 0.190. The molecule has 10 heavy (non-hydrogen) atoms. The maximum Gasteiger partial charge on any atom is 0.0853 e. The summed E-state index contributed by atoms with van der Waals surface area (Å²) >= 11 is 1.95. The first kappa shape index (κ1) is 8.37. The number of ether oxygens (including phenoxy) is 1. The lowest BCUT2D eigenvalue weighted by Gasteiger charge is -2.22. The molecule has 1 unspecified atom stereocenters. The van der Waals surface area contributed by atoms with Gasteiger partial charge in [-0.15, -0.1) is 11.8 Å². The molecule has 1 atom stereocenters. The van der Waals surface area contributed by atoms with Crippen molar-refractivity contribution in [1.29, 1.82) is 0 Å². The summed E-state index contributed by atoms with van der Waals surface area (Å²) in [6.07, 6.45) is 0. The fraction of sp³-hybridized carbons (Fsp3) is 1.00. The van der Waals surface area contributed by atoms with Gasteiger partial charge in [-0.1, -0.05) is 0 Å². The van der Waals surface area contributed by atoms with Crippen molar-refractivity contribution in [2.75, 3.05) is 25.5 Å². The molecule has 0 radical (unpaired) electrons. The van der Waals surface area contributed by atoms with Gasteiger partial charge in [-0.3, -0.25) is 0 Å². The van der Waals surface area contributed by atoms with Crippen LogP contribution in [-0.4, -0.2) is 30.4 Å². The van der Waals surface area contributed by atoms with Gasteiger partial charge in [-0.05, 0) is 13.8 Å². The summed E-state index contributed by atoms with van der Waals surface area (Å²) in [7, 11) is 0. The van der Waals surface area contributed by atoms with Gasteiger partial charge in [0.05, 0.1) is 11.5 Å². The van der Waals surface area contributed by atoms with E-state index >= 15 is 0 Å². The molecule has 0 aliphatic carbocycles. The van der Waals surface area contributed by atoms with Crippen LogP contribution in [-0.2, 0) is 4.74 Å². The molecule has 0 aromatic carbocycles. The number of nitrogens with one attached hydrogen (secondary N) is 1. The predicted octanol–water partition coefficient (Wildman–Crippen LogP) is 1.08. The minimum absolute atomic E-state index is 0.190. The smallest absolute Gasteiger partial charge is 0.0853 e. The van der Waals surface area contributed by atoms with Gasteiger partial charge in [0.2, 0.25) is 0 Å². The average molecular weight is 161 g/mol. The van der Waals surface area contributed by atoms with Gasteiger partial charge in [-0.2, -0.15) is 0 Å². The lowest BCUT2D eigenvalue weighted by Crippen LogP contribution is -2.38. The third-order valence-electron chi connectivity index (χ3n) is 1.60. The standard InChI is InChI=1S/C7H15NOS/c1-3-9-6-7(2)8-4-5-10-7/h8H,3-6H2,1-2H3. The fourth-order valence-electron chi connectivity index (χ4n) is 1.03. The molecule has 1 fully saturated rings. The van der Waals surface area contributed by atoms with Crippen LogP contribution in [0.15, 0.2) is 0 Å². The molecule has 0 amide bonds. The van der Waals surface area contributed by atoms with E-state index in [1.807, 2.05) is 18.7 Å². The van der Waals surface area contributed by atoms with E-state index in [1.165, 1.54) is 5.75 Å². The second-order valence-electron chi connectivity index (χ2n) is 2.64. The molecule has 0 spiro atoms. The van der Waals surface area contributed by atoms with E-state index in [9.17, 15) is 0 Å². The van der Waals surface area contributed by atoms with Crippen molar-refractivity contribution in [3.63, 3.8) is 0 Å².